The van der Waals surface area contributed by atoms with Gasteiger partial charge in [-0.3, -0.25) is 9.59 Å². The molecule has 0 aliphatic carbocycles. The summed E-state index contributed by atoms with van der Waals surface area (Å²) in [6.07, 6.45) is 1.42. The molecule has 0 aliphatic rings. The second-order valence-corrected chi connectivity index (χ2v) is 7.23. The highest BCUT2D eigenvalue weighted by Crippen LogP contribution is 2.28. The first-order valence-electron chi connectivity index (χ1n) is 10.7. The number of hydrazone groups is 1. The Morgan fingerprint density at radius 3 is 2.06 bits per heavy atom. The number of esters is 1. The third-order valence-corrected chi connectivity index (χ3v) is 4.87. The van der Waals surface area contributed by atoms with Crippen molar-refractivity contribution in [2.24, 2.45) is 5.10 Å². The van der Waals surface area contributed by atoms with Crippen LogP contribution in [0.4, 0.5) is 0 Å². The normalized spacial score (nSPS) is 10.4. The second-order valence-electron chi connectivity index (χ2n) is 7.23. The molecular formula is C26H25N3O7. The first kappa shape index (κ1) is 25.8. The van der Waals surface area contributed by atoms with Gasteiger partial charge in [0.2, 0.25) is 0 Å². The molecule has 0 unspecified atom stereocenters. The zero-order valence-electron chi connectivity index (χ0n) is 19.9. The summed E-state index contributed by atoms with van der Waals surface area (Å²) < 4.78 is 20.8. The minimum absolute atomic E-state index is 0.243. The van der Waals surface area contributed by atoms with Gasteiger partial charge in [0.05, 0.1) is 39.7 Å². The first-order valence-corrected chi connectivity index (χ1v) is 10.7. The zero-order chi connectivity index (χ0) is 25.9. The smallest absolute Gasteiger partial charge is 0.343 e. The van der Waals surface area contributed by atoms with E-state index in [1.807, 2.05) is 0 Å². The van der Waals surface area contributed by atoms with E-state index < -0.39 is 17.8 Å². The van der Waals surface area contributed by atoms with Crippen LogP contribution < -0.4 is 29.7 Å². The van der Waals surface area contributed by atoms with Crippen molar-refractivity contribution in [3.8, 4) is 23.0 Å². The minimum atomic E-state index is -0.554. The molecule has 0 bridgehead atoms. The lowest BCUT2D eigenvalue weighted by Crippen LogP contribution is -2.34. The van der Waals surface area contributed by atoms with Crippen LogP contribution >= 0.6 is 0 Å². The lowest BCUT2D eigenvalue weighted by atomic mass is 10.2. The standard InChI is InChI=1S/C26H25N3O7/c1-33-20-11-6-18(7-12-20)25(31)27-16-24(30)29-28-15-17-4-9-21(10-5-17)36-26(32)19-8-13-22(34-2)23(14-19)35-3/h4-15H,16H2,1-3H3,(H,27,31)(H,29,30). The SMILES string of the molecule is COc1ccc(C(=O)NCC(=O)NN=Cc2ccc(OC(=O)c3ccc(OC)c(OC)c3)cc2)cc1. The molecule has 0 saturated heterocycles. The molecule has 186 valence electrons. The van der Waals surface area contributed by atoms with Gasteiger partial charge in [0.1, 0.15) is 11.5 Å². The summed E-state index contributed by atoms with van der Waals surface area (Å²) in [5.41, 5.74) is 3.70. The summed E-state index contributed by atoms with van der Waals surface area (Å²) in [5, 5.41) is 6.37. The van der Waals surface area contributed by atoms with Gasteiger partial charge >= 0.3 is 5.97 Å². The van der Waals surface area contributed by atoms with Crippen LogP contribution in [-0.2, 0) is 4.79 Å². The monoisotopic (exact) mass is 491 g/mol. The Balaban J connectivity index is 1.46. The fourth-order valence-electron chi connectivity index (χ4n) is 2.97. The van der Waals surface area contributed by atoms with E-state index >= 15 is 0 Å². The number of amides is 2. The number of hydrogen-bond acceptors (Lipinski definition) is 8. The van der Waals surface area contributed by atoms with Crippen LogP contribution in [0.1, 0.15) is 26.3 Å². The third-order valence-electron chi connectivity index (χ3n) is 4.87. The fraction of sp³-hybridized carbons (Fsp3) is 0.154. The molecule has 10 nitrogen and oxygen atoms in total. The maximum absolute atomic E-state index is 12.4. The van der Waals surface area contributed by atoms with Gasteiger partial charge in [-0.1, -0.05) is 0 Å². The molecule has 0 atom stereocenters. The van der Waals surface area contributed by atoms with E-state index in [0.717, 1.165) is 0 Å². The number of nitrogens with zero attached hydrogens (tertiary/aromatic N) is 1. The molecule has 36 heavy (non-hydrogen) atoms. The fourth-order valence-corrected chi connectivity index (χ4v) is 2.97. The Morgan fingerprint density at radius 2 is 1.42 bits per heavy atom. The highest BCUT2D eigenvalue weighted by molar-refractivity contribution is 5.96. The number of methoxy groups -OCH3 is 3. The van der Waals surface area contributed by atoms with Crippen molar-refractivity contribution < 1.29 is 33.3 Å². The highest BCUT2D eigenvalue weighted by atomic mass is 16.5. The molecule has 0 radical (unpaired) electrons. The number of carbonyl (C=O) groups excluding carboxylic acids is 3. The predicted molar refractivity (Wildman–Crippen MR) is 132 cm³/mol. The second kappa shape index (κ2) is 12.6. The van der Waals surface area contributed by atoms with Gasteiger partial charge in [-0.25, -0.2) is 10.2 Å². The molecule has 0 saturated carbocycles. The van der Waals surface area contributed by atoms with E-state index in [2.05, 4.69) is 15.8 Å². The molecule has 2 amide bonds. The molecule has 3 aromatic rings. The van der Waals surface area contributed by atoms with E-state index in [9.17, 15) is 14.4 Å². The molecule has 3 rings (SSSR count). The maximum atomic E-state index is 12.4. The summed E-state index contributed by atoms with van der Waals surface area (Å²) in [6, 6.07) is 17.7. The highest BCUT2D eigenvalue weighted by Gasteiger charge is 2.13. The predicted octanol–water partition coefficient (Wildman–Crippen LogP) is 2.81. The number of ether oxygens (including phenoxy) is 4. The van der Waals surface area contributed by atoms with E-state index in [4.69, 9.17) is 18.9 Å². The number of nitrogens with one attached hydrogen (secondary N) is 2. The number of carbonyl (C=O) groups is 3. The van der Waals surface area contributed by atoms with E-state index in [1.54, 1.807) is 60.7 Å². The Hall–Kier alpha value is -4.86. The van der Waals surface area contributed by atoms with Crippen LogP contribution in [0, 0.1) is 0 Å². The van der Waals surface area contributed by atoms with Crippen LogP contribution in [0.25, 0.3) is 0 Å². The Kier molecular flexibility index (Phi) is 8.99. The van der Waals surface area contributed by atoms with Crippen molar-refractivity contribution in [2.75, 3.05) is 27.9 Å². The van der Waals surface area contributed by atoms with Gasteiger partial charge < -0.3 is 24.3 Å². The average Bonchev–Trinajstić information content (AvgIpc) is 2.92. The van der Waals surface area contributed by atoms with Crippen molar-refractivity contribution in [2.45, 2.75) is 0 Å². The average molecular weight is 492 g/mol. The zero-order valence-corrected chi connectivity index (χ0v) is 19.9. The summed E-state index contributed by atoms with van der Waals surface area (Å²) >= 11 is 0. The molecule has 0 aliphatic heterocycles. The van der Waals surface area contributed by atoms with Crippen LogP contribution in [0.2, 0.25) is 0 Å². The molecule has 10 heteroatoms. The van der Waals surface area contributed by atoms with Crippen LogP contribution in [0.3, 0.4) is 0 Å². The van der Waals surface area contributed by atoms with Gasteiger partial charge in [0, 0.05) is 5.56 Å². The topological polar surface area (TPSA) is 125 Å². The quantitative estimate of drug-likeness (QED) is 0.193. The molecule has 0 heterocycles. The van der Waals surface area contributed by atoms with Crippen molar-refractivity contribution in [1.82, 2.24) is 10.7 Å². The van der Waals surface area contributed by atoms with Crippen molar-refractivity contribution >= 4 is 24.0 Å². The van der Waals surface area contributed by atoms with Gasteiger partial charge in [-0.15, -0.1) is 0 Å². The summed E-state index contributed by atoms with van der Waals surface area (Å²) in [4.78, 5) is 36.4. The van der Waals surface area contributed by atoms with Gasteiger partial charge in [-0.2, -0.15) is 5.10 Å². The van der Waals surface area contributed by atoms with E-state index in [-0.39, 0.29) is 6.54 Å². The summed E-state index contributed by atoms with van der Waals surface area (Å²) in [6.45, 7) is -0.243. The van der Waals surface area contributed by atoms with Crippen molar-refractivity contribution in [3.05, 3.63) is 83.4 Å². The number of rotatable bonds is 10. The molecular weight excluding hydrogens is 466 g/mol. The molecule has 0 fully saturated rings. The van der Waals surface area contributed by atoms with Crippen LogP contribution in [0.5, 0.6) is 23.0 Å². The molecule has 0 spiro atoms. The van der Waals surface area contributed by atoms with Crippen molar-refractivity contribution in [3.63, 3.8) is 0 Å². The number of benzene rings is 3. The van der Waals surface area contributed by atoms with Crippen LogP contribution in [0.15, 0.2) is 71.8 Å². The minimum Gasteiger partial charge on any atom is -0.497 e. The molecule has 2 N–H and O–H groups in total. The Bertz CT molecular complexity index is 1240. The van der Waals surface area contributed by atoms with Crippen LogP contribution in [-0.4, -0.2) is 51.9 Å². The molecule has 0 aromatic heterocycles. The van der Waals surface area contributed by atoms with Gasteiger partial charge in [-0.05, 0) is 72.3 Å². The van der Waals surface area contributed by atoms with Gasteiger partial charge in [0.25, 0.3) is 11.8 Å². The first-order chi connectivity index (χ1) is 17.4. The van der Waals surface area contributed by atoms with E-state index in [0.29, 0.717) is 39.7 Å². The summed E-state index contributed by atoms with van der Waals surface area (Å²) in [7, 11) is 4.52. The van der Waals surface area contributed by atoms with Crippen molar-refractivity contribution in [1.29, 1.82) is 0 Å². The van der Waals surface area contributed by atoms with E-state index in [1.165, 1.54) is 33.6 Å². The lowest BCUT2D eigenvalue weighted by Gasteiger charge is -2.09. The third kappa shape index (κ3) is 7.07. The largest absolute Gasteiger partial charge is 0.497 e. The number of hydrogen-bond donors (Lipinski definition) is 2. The summed E-state index contributed by atoms with van der Waals surface area (Å²) in [5.74, 6) is 0.440. The van der Waals surface area contributed by atoms with Gasteiger partial charge in [0.15, 0.2) is 11.5 Å². The lowest BCUT2D eigenvalue weighted by molar-refractivity contribution is -0.120. The maximum Gasteiger partial charge on any atom is 0.343 e. The Morgan fingerprint density at radius 1 is 0.778 bits per heavy atom. The molecule has 3 aromatic carbocycles. The Labute approximate surface area is 207 Å².